The lowest BCUT2D eigenvalue weighted by Crippen LogP contribution is -2.64. The highest BCUT2D eigenvalue weighted by molar-refractivity contribution is 5.01. The topological polar surface area (TPSA) is 92.3 Å². The van der Waals surface area contributed by atoms with Gasteiger partial charge in [0.05, 0.1) is 21.5 Å². The molecule has 0 aromatic heterocycles. The third-order valence-corrected chi connectivity index (χ3v) is 10.1. The first kappa shape index (κ1) is 149. The quantitative estimate of drug-likeness (QED) is 0.0592. The first-order chi connectivity index (χ1) is 53.1. The fourth-order valence-electron chi connectivity index (χ4n) is 4.35. The second-order valence-electron chi connectivity index (χ2n) is 19.4. The van der Waals surface area contributed by atoms with Crippen LogP contribution in [0.3, 0.4) is 0 Å². The molecule has 776 valence electrons. The predicted molar refractivity (Wildman–Crippen MR) is 298 cm³/mol. The average molecular weight is 2060 g/mol. The van der Waals surface area contributed by atoms with Gasteiger partial charge in [0.15, 0.2) is 35.0 Å². The minimum Gasteiger partial charge on any atom is -0.306 e. The summed E-state index contributed by atoms with van der Waals surface area (Å²) >= 11 is 0. The van der Waals surface area contributed by atoms with Crippen LogP contribution in [0.25, 0.3) is 0 Å². The van der Waals surface area contributed by atoms with Crippen LogP contribution in [-0.4, -0.2) is 200 Å². The summed E-state index contributed by atoms with van der Waals surface area (Å²) in [5, 5.41) is 0. The van der Waals surface area contributed by atoms with Gasteiger partial charge in [-0.15, -0.1) is 0 Å². The lowest BCUT2D eigenvalue weighted by atomic mass is 10.2. The molecule has 0 fully saturated rings. The van der Waals surface area contributed by atoms with E-state index in [9.17, 15) is 277 Å². The van der Waals surface area contributed by atoms with Crippen LogP contribution in [0, 0.1) is 0 Å². The second kappa shape index (κ2) is 51.6. The number of ether oxygens (including phenoxy) is 10. The molecular formula is C54H59F63O10. The Morgan fingerprint density at radius 3 is 0.551 bits per heavy atom. The molecule has 0 spiro atoms. The van der Waals surface area contributed by atoms with Crippen molar-refractivity contribution < 1.29 is 324 Å². The molecule has 0 bridgehead atoms. The number of hydrogen-bond donors (Lipinski definition) is 0. The van der Waals surface area contributed by atoms with Crippen molar-refractivity contribution in [3.8, 4) is 0 Å². The Kier molecular flexibility index (Phi) is 60.6. The van der Waals surface area contributed by atoms with E-state index in [-0.39, 0.29) is 36.6 Å². The van der Waals surface area contributed by atoms with Crippen molar-refractivity contribution in [3.05, 3.63) is 74.4 Å². The minimum atomic E-state index is -7.21. The van der Waals surface area contributed by atoms with Gasteiger partial charge >= 0.3 is 152 Å². The van der Waals surface area contributed by atoms with Crippen LogP contribution in [0.1, 0.15) is 69.7 Å². The molecule has 0 heterocycles. The number of rotatable bonds is 33. The van der Waals surface area contributed by atoms with Gasteiger partial charge in [-0.1, -0.05) is 90.0 Å². The highest BCUT2D eigenvalue weighted by Crippen LogP contribution is 2.57. The maximum Gasteiger partial charge on any atom is 0.458 e. The smallest absolute Gasteiger partial charge is 0.306 e. The SMILES string of the molecule is C.C.C.C.C=C(F)C(F)(F)OC(F)(C(F)(F)F)C(F)(F)OC(F)(CC)C(F)(F)F.C=C(F)C(F)(F)OC(F)(C(F)(F)F)C(F)(F)OC(F)CC.C=C(F)C(F)(F)OC(F)(C(F)(F)F)C(F)(F)OCC(F)(F)F.C=C(F)C(F)(F)OC(F)(C(F)(F)F)C(F)(F)OCC(F)(F)F.C=C(F)C(F)(F)OC(F)(CC)C(F)(F)F.C=C(F)C(F)(F)OCC(F)(F)F.CF.CF.CF. The lowest BCUT2D eigenvalue weighted by Gasteiger charge is -2.38. The van der Waals surface area contributed by atoms with Crippen molar-refractivity contribution in [1.82, 2.24) is 0 Å². The summed E-state index contributed by atoms with van der Waals surface area (Å²) in [5.41, 5.74) is 0. The van der Waals surface area contributed by atoms with Gasteiger partial charge in [-0.2, -0.15) is 224 Å². The lowest BCUT2D eigenvalue weighted by molar-refractivity contribution is -0.527. The van der Waals surface area contributed by atoms with E-state index in [0.29, 0.717) is 28.5 Å². The molecule has 0 saturated carbocycles. The molecule has 10 nitrogen and oxygen atoms in total. The van der Waals surface area contributed by atoms with Gasteiger partial charge in [0.1, 0.15) is 19.8 Å². The average Bonchev–Trinajstić information content (AvgIpc) is 0.749. The monoisotopic (exact) mass is 2060 g/mol. The molecule has 7 unspecified atom stereocenters. The largest absolute Gasteiger partial charge is 0.458 e. The van der Waals surface area contributed by atoms with Gasteiger partial charge in [-0.25, -0.2) is 39.5 Å². The van der Waals surface area contributed by atoms with Crippen LogP contribution in [0.2, 0.25) is 0 Å². The fraction of sp³-hybridized carbons (Fsp3) is 0.778. The molecule has 0 aliphatic rings. The Bertz CT molecular complexity index is 3090. The summed E-state index contributed by atoms with van der Waals surface area (Å²) in [6.45, 7) is 4.25. The standard InChI is InChI=1S/C10H7F13O2.C9H8F10O2.2C8H4F12O2.C7H7F7O.C5H4F6O.3CH3F.4CH4/c1-3-5(12,8(16,17)18)24-10(22,23)7(15,9(19,20)21)25-6(13,14)4(2)11;1-3-5(11)20-9(18,19)7(14,8(15,16)17)21-6(12,13)4(2)10;2*1-3(9)5(13,14)22-6(15,7(16,17)18)8(19,20)21-2-4(10,11)12;1-3-5(9,7(12,13)14)15-6(10,11)4(2)8;1-3(6)5(10,11)12-2-4(7,8)9;3*1-2;;;;/h2-3H2,1H3;5H,2-3H2,1H3;2*1-2H2;2-3H2,1H3;1-2H2;3*1H3;4*1H4. The van der Waals surface area contributed by atoms with Gasteiger partial charge in [0.25, 0.3) is 0 Å². The highest BCUT2D eigenvalue weighted by Gasteiger charge is 2.83. The van der Waals surface area contributed by atoms with E-state index < -0.39 is 232 Å². The molecule has 0 saturated heterocycles. The van der Waals surface area contributed by atoms with Crippen LogP contribution in [-0.2, 0) is 47.4 Å². The summed E-state index contributed by atoms with van der Waals surface area (Å²) in [4.78, 5) is 0. The second-order valence-corrected chi connectivity index (χ2v) is 19.4. The summed E-state index contributed by atoms with van der Waals surface area (Å²) in [6, 6.07) is 0. The molecule has 0 amide bonds. The summed E-state index contributed by atoms with van der Waals surface area (Å²) in [7, 11) is 1.50. The number of halogens is 63. The van der Waals surface area contributed by atoms with Crippen molar-refractivity contribution in [2.24, 2.45) is 0 Å². The zero-order valence-corrected chi connectivity index (χ0v) is 58.5. The Labute approximate surface area is 668 Å². The molecule has 127 heavy (non-hydrogen) atoms. The van der Waals surface area contributed by atoms with Crippen LogP contribution in [0.15, 0.2) is 74.4 Å². The Morgan fingerprint density at radius 2 is 0.394 bits per heavy atom. The van der Waals surface area contributed by atoms with E-state index in [4.69, 9.17) is 0 Å². The Hall–Kier alpha value is -6.37. The number of alkyl halides is 57. The maximum absolute atomic E-state index is 13.5. The molecule has 0 N–H and O–H groups in total. The first-order valence-corrected chi connectivity index (χ1v) is 27.3. The molecule has 0 aromatic rings. The predicted octanol–water partition coefficient (Wildman–Crippen LogP) is 29.8. The highest BCUT2D eigenvalue weighted by atomic mass is 19.5. The van der Waals surface area contributed by atoms with E-state index >= 15 is 0 Å². The summed E-state index contributed by atoms with van der Waals surface area (Å²) < 4.78 is 793. The first-order valence-electron chi connectivity index (χ1n) is 27.3. The molecule has 7 atom stereocenters. The molecule has 73 heteroatoms. The zero-order chi connectivity index (χ0) is 103. The Morgan fingerprint density at radius 1 is 0.228 bits per heavy atom. The summed E-state index contributed by atoms with van der Waals surface area (Å²) in [5.74, 6) is -54.5. The fourth-order valence-corrected chi connectivity index (χ4v) is 4.35. The van der Waals surface area contributed by atoms with E-state index in [1.54, 1.807) is 19.7 Å². The van der Waals surface area contributed by atoms with E-state index in [1.165, 1.54) is 0 Å². The van der Waals surface area contributed by atoms with Gasteiger partial charge in [-0.3, -0.25) is 46.3 Å². The van der Waals surface area contributed by atoms with Gasteiger partial charge in [-0.05, 0) is 0 Å². The van der Waals surface area contributed by atoms with Crippen molar-refractivity contribution in [3.63, 3.8) is 0 Å². The van der Waals surface area contributed by atoms with Gasteiger partial charge in [0.2, 0.25) is 6.36 Å². The molecule has 0 aliphatic carbocycles. The summed E-state index contributed by atoms with van der Waals surface area (Å²) in [6.07, 6.45) is -124. The van der Waals surface area contributed by atoms with Gasteiger partial charge in [0, 0.05) is 19.3 Å². The van der Waals surface area contributed by atoms with Crippen LogP contribution in [0.4, 0.5) is 277 Å². The molecule has 0 rings (SSSR count). The van der Waals surface area contributed by atoms with Crippen molar-refractivity contribution in [2.45, 2.75) is 228 Å². The van der Waals surface area contributed by atoms with Crippen LogP contribution < -0.4 is 0 Å². The van der Waals surface area contributed by atoms with Crippen LogP contribution in [0.5, 0.6) is 0 Å². The normalized spacial score (nSPS) is 16.2. The van der Waals surface area contributed by atoms with Crippen molar-refractivity contribution >= 4 is 0 Å². The molecular weight excluding hydrogens is 2010 g/mol. The number of hydrogen-bond acceptors (Lipinski definition) is 10. The van der Waals surface area contributed by atoms with Gasteiger partial charge < -0.3 is 14.2 Å². The van der Waals surface area contributed by atoms with E-state index in [2.05, 4.69) is 46.3 Å². The molecule has 0 radical (unpaired) electrons. The van der Waals surface area contributed by atoms with Crippen molar-refractivity contribution in [1.29, 1.82) is 0 Å². The maximum atomic E-state index is 13.5. The van der Waals surface area contributed by atoms with E-state index in [1.807, 2.05) is 20.8 Å². The van der Waals surface area contributed by atoms with Crippen LogP contribution >= 0.6 is 0 Å². The third kappa shape index (κ3) is 46.0. The zero-order valence-electron chi connectivity index (χ0n) is 58.5. The minimum absolute atomic E-state index is 0. The third-order valence-electron chi connectivity index (χ3n) is 10.1. The Balaban J connectivity index is -0.000000111. The molecule has 0 aromatic carbocycles. The van der Waals surface area contributed by atoms with E-state index in [0.717, 1.165) is 6.92 Å². The molecule has 0 aliphatic heterocycles. The van der Waals surface area contributed by atoms with Crippen molar-refractivity contribution in [2.75, 3.05) is 41.4 Å².